The van der Waals surface area contributed by atoms with Crippen LogP contribution >= 0.6 is 11.8 Å². The number of methoxy groups -OCH3 is 3. The minimum absolute atomic E-state index is 0.0573. The second-order valence-corrected chi connectivity index (χ2v) is 7.22. The van der Waals surface area contributed by atoms with Gasteiger partial charge in [-0.05, 0) is 31.2 Å². The van der Waals surface area contributed by atoms with Gasteiger partial charge in [0.15, 0.2) is 22.5 Å². The van der Waals surface area contributed by atoms with Crippen molar-refractivity contribution in [1.82, 2.24) is 14.8 Å². The first-order valence-corrected chi connectivity index (χ1v) is 10.4. The molecule has 0 aliphatic rings. The van der Waals surface area contributed by atoms with E-state index in [1.54, 1.807) is 38.5 Å². The summed E-state index contributed by atoms with van der Waals surface area (Å²) < 4.78 is 31.8. The summed E-state index contributed by atoms with van der Waals surface area (Å²) in [6, 6.07) is 9.60. The number of benzene rings is 2. The summed E-state index contributed by atoms with van der Waals surface area (Å²) in [4.78, 5) is 12.2. The molecule has 0 saturated carbocycles. The Hall–Kier alpha value is -3.27. The molecule has 0 bridgehead atoms. The van der Waals surface area contributed by atoms with Crippen LogP contribution in [-0.2, 0) is 11.3 Å². The monoisotopic (exact) mass is 446 g/mol. The molecule has 8 nitrogen and oxygen atoms in total. The minimum Gasteiger partial charge on any atom is -0.493 e. The standard InChI is InChI=1S/C21H23FN4O4S/c1-5-26-20(13-10-16(28-2)19(30-4)17(11-13)29-3)24-25-21(26)31-12-18(27)23-15-9-7-6-8-14(15)22/h6-11H,5,12H2,1-4H3,(H,23,27). The van der Waals surface area contributed by atoms with Crippen molar-refractivity contribution < 1.29 is 23.4 Å². The number of aromatic nitrogens is 3. The van der Waals surface area contributed by atoms with Crippen molar-refractivity contribution in [2.45, 2.75) is 18.6 Å². The number of nitrogens with one attached hydrogen (secondary N) is 1. The summed E-state index contributed by atoms with van der Waals surface area (Å²) >= 11 is 1.22. The molecular weight excluding hydrogens is 423 g/mol. The lowest BCUT2D eigenvalue weighted by atomic mass is 10.1. The van der Waals surface area contributed by atoms with Gasteiger partial charge in [-0.25, -0.2) is 4.39 Å². The maximum atomic E-state index is 13.7. The Labute approximate surface area is 183 Å². The number of nitrogens with zero attached hydrogens (tertiary/aromatic N) is 3. The van der Waals surface area contributed by atoms with Crippen LogP contribution in [0, 0.1) is 5.82 Å². The van der Waals surface area contributed by atoms with Crippen molar-refractivity contribution in [3.8, 4) is 28.6 Å². The van der Waals surface area contributed by atoms with Gasteiger partial charge in [0.1, 0.15) is 5.82 Å². The number of para-hydroxylation sites is 1. The summed E-state index contributed by atoms with van der Waals surface area (Å²) in [5.41, 5.74) is 0.870. The zero-order chi connectivity index (χ0) is 22.4. The number of hydrogen-bond donors (Lipinski definition) is 1. The molecule has 164 valence electrons. The van der Waals surface area contributed by atoms with Gasteiger partial charge in [-0.1, -0.05) is 23.9 Å². The van der Waals surface area contributed by atoms with Gasteiger partial charge in [0.05, 0.1) is 32.8 Å². The van der Waals surface area contributed by atoms with E-state index in [2.05, 4.69) is 15.5 Å². The molecule has 10 heteroatoms. The zero-order valence-corrected chi connectivity index (χ0v) is 18.5. The third kappa shape index (κ3) is 4.91. The van der Waals surface area contributed by atoms with Crippen LogP contribution in [0.2, 0.25) is 0 Å². The SMILES string of the molecule is CCn1c(SCC(=O)Nc2ccccc2F)nnc1-c1cc(OC)c(OC)c(OC)c1. The summed E-state index contributed by atoms with van der Waals surface area (Å²) in [6.45, 7) is 2.53. The number of anilines is 1. The van der Waals surface area contributed by atoms with Crippen molar-refractivity contribution in [3.05, 3.63) is 42.2 Å². The summed E-state index contributed by atoms with van der Waals surface area (Å²) in [7, 11) is 4.62. The Morgan fingerprint density at radius 2 is 1.77 bits per heavy atom. The molecule has 0 aliphatic heterocycles. The quantitative estimate of drug-likeness (QED) is 0.500. The molecule has 1 amide bonds. The van der Waals surface area contributed by atoms with Crippen LogP contribution in [-0.4, -0.2) is 47.8 Å². The average molecular weight is 447 g/mol. The van der Waals surface area contributed by atoms with E-state index in [9.17, 15) is 9.18 Å². The second-order valence-electron chi connectivity index (χ2n) is 6.28. The molecule has 1 heterocycles. The first kappa shape index (κ1) is 22.4. The van der Waals surface area contributed by atoms with E-state index < -0.39 is 5.82 Å². The van der Waals surface area contributed by atoms with Crippen LogP contribution in [0.3, 0.4) is 0 Å². The topological polar surface area (TPSA) is 87.5 Å². The molecule has 0 aliphatic carbocycles. The molecule has 1 N–H and O–H groups in total. The number of ether oxygens (including phenoxy) is 3. The number of hydrogen-bond acceptors (Lipinski definition) is 7. The number of carbonyl (C=O) groups is 1. The number of amides is 1. The third-order valence-electron chi connectivity index (χ3n) is 4.44. The molecule has 0 fully saturated rings. The molecule has 3 rings (SSSR count). The molecule has 1 aromatic heterocycles. The van der Waals surface area contributed by atoms with E-state index >= 15 is 0 Å². The van der Waals surface area contributed by atoms with Gasteiger partial charge in [0, 0.05) is 12.1 Å². The van der Waals surface area contributed by atoms with Crippen LogP contribution in [0.1, 0.15) is 6.92 Å². The zero-order valence-electron chi connectivity index (χ0n) is 17.6. The molecule has 2 aromatic carbocycles. The largest absolute Gasteiger partial charge is 0.493 e. The summed E-state index contributed by atoms with van der Waals surface area (Å²) in [5, 5.41) is 11.6. The highest BCUT2D eigenvalue weighted by Crippen LogP contribution is 2.41. The van der Waals surface area contributed by atoms with E-state index in [0.29, 0.717) is 34.8 Å². The Morgan fingerprint density at radius 1 is 1.10 bits per heavy atom. The van der Waals surface area contributed by atoms with Crippen LogP contribution in [0.4, 0.5) is 10.1 Å². The van der Waals surface area contributed by atoms with E-state index in [4.69, 9.17) is 14.2 Å². The normalized spacial score (nSPS) is 10.6. The van der Waals surface area contributed by atoms with Gasteiger partial charge in [-0.15, -0.1) is 10.2 Å². The van der Waals surface area contributed by atoms with Crippen LogP contribution in [0.25, 0.3) is 11.4 Å². The lowest BCUT2D eigenvalue weighted by molar-refractivity contribution is -0.113. The number of thioether (sulfide) groups is 1. The molecule has 0 unspecified atom stereocenters. The fourth-order valence-electron chi connectivity index (χ4n) is 2.98. The summed E-state index contributed by atoms with van der Waals surface area (Å²) in [6.07, 6.45) is 0. The molecular formula is C21H23FN4O4S. The third-order valence-corrected chi connectivity index (χ3v) is 5.40. The first-order valence-electron chi connectivity index (χ1n) is 9.43. The predicted molar refractivity (Wildman–Crippen MR) is 117 cm³/mol. The highest BCUT2D eigenvalue weighted by molar-refractivity contribution is 7.99. The van der Waals surface area contributed by atoms with E-state index in [1.807, 2.05) is 11.5 Å². The van der Waals surface area contributed by atoms with Crippen LogP contribution in [0.15, 0.2) is 41.6 Å². The number of halogens is 1. The predicted octanol–water partition coefficient (Wildman–Crippen LogP) is 3.86. The Balaban J connectivity index is 1.81. The molecule has 0 saturated heterocycles. The lowest BCUT2D eigenvalue weighted by Crippen LogP contribution is -2.15. The summed E-state index contributed by atoms with van der Waals surface area (Å²) in [5.74, 6) is 1.32. The number of rotatable bonds is 9. The molecule has 3 aromatic rings. The smallest absolute Gasteiger partial charge is 0.234 e. The van der Waals surface area contributed by atoms with Crippen molar-refractivity contribution in [2.75, 3.05) is 32.4 Å². The van der Waals surface area contributed by atoms with Gasteiger partial charge in [0.2, 0.25) is 11.7 Å². The highest BCUT2D eigenvalue weighted by Gasteiger charge is 2.20. The second kappa shape index (κ2) is 10.2. The maximum absolute atomic E-state index is 13.7. The van der Waals surface area contributed by atoms with E-state index in [1.165, 1.54) is 31.0 Å². The van der Waals surface area contributed by atoms with Crippen molar-refractivity contribution in [3.63, 3.8) is 0 Å². The highest BCUT2D eigenvalue weighted by atomic mass is 32.2. The lowest BCUT2D eigenvalue weighted by Gasteiger charge is -2.14. The van der Waals surface area contributed by atoms with Gasteiger partial charge in [-0.3, -0.25) is 4.79 Å². The van der Waals surface area contributed by atoms with Crippen molar-refractivity contribution >= 4 is 23.4 Å². The maximum Gasteiger partial charge on any atom is 0.234 e. The fraction of sp³-hybridized carbons (Fsp3) is 0.286. The van der Waals surface area contributed by atoms with Gasteiger partial charge in [0.25, 0.3) is 0 Å². The Bertz CT molecular complexity index is 1050. The average Bonchev–Trinajstić information content (AvgIpc) is 3.21. The fourth-order valence-corrected chi connectivity index (χ4v) is 3.79. The first-order chi connectivity index (χ1) is 15.0. The van der Waals surface area contributed by atoms with Gasteiger partial charge >= 0.3 is 0 Å². The van der Waals surface area contributed by atoms with Gasteiger partial charge < -0.3 is 24.1 Å². The van der Waals surface area contributed by atoms with E-state index in [-0.39, 0.29) is 17.3 Å². The molecule has 31 heavy (non-hydrogen) atoms. The molecule has 0 spiro atoms. The number of carbonyl (C=O) groups excluding carboxylic acids is 1. The minimum atomic E-state index is -0.484. The van der Waals surface area contributed by atoms with Crippen LogP contribution in [0.5, 0.6) is 17.2 Å². The van der Waals surface area contributed by atoms with E-state index in [0.717, 1.165) is 5.56 Å². The molecule has 0 atom stereocenters. The van der Waals surface area contributed by atoms with Crippen molar-refractivity contribution in [1.29, 1.82) is 0 Å². The Kier molecular flexibility index (Phi) is 7.35. The van der Waals surface area contributed by atoms with Crippen LogP contribution < -0.4 is 19.5 Å². The Morgan fingerprint density at radius 3 is 2.35 bits per heavy atom. The molecule has 0 radical (unpaired) electrons. The van der Waals surface area contributed by atoms with Crippen molar-refractivity contribution in [2.24, 2.45) is 0 Å². The van der Waals surface area contributed by atoms with Gasteiger partial charge in [-0.2, -0.15) is 0 Å².